The Balaban J connectivity index is 1.37. The molecule has 32 heavy (non-hydrogen) atoms. The van der Waals surface area contributed by atoms with Gasteiger partial charge >= 0.3 is 0 Å². The molecule has 1 atom stereocenters. The Morgan fingerprint density at radius 3 is 2.59 bits per heavy atom. The van der Waals surface area contributed by atoms with E-state index in [0.29, 0.717) is 38.5 Å². The van der Waals surface area contributed by atoms with E-state index in [1.54, 1.807) is 0 Å². The molecule has 0 aliphatic carbocycles. The summed E-state index contributed by atoms with van der Waals surface area (Å²) >= 11 is 0. The molecule has 0 unspecified atom stereocenters. The van der Waals surface area contributed by atoms with Crippen LogP contribution in [-0.2, 0) is 15.9 Å². The fraction of sp³-hybridized carbons (Fsp3) is 0.385. The van der Waals surface area contributed by atoms with Crippen LogP contribution < -0.4 is 0 Å². The molecule has 0 spiro atoms. The van der Waals surface area contributed by atoms with Gasteiger partial charge < -0.3 is 14.4 Å². The van der Waals surface area contributed by atoms with E-state index in [0.717, 1.165) is 42.7 Å². The van der Waals surface area contributed by atoms with Crippen LogP contribution in [0.1, 0.15) is 27.7 Å². The summed E-state index contributed by atoms with van der Waals surface area (Å²) in [5.41, 5.74) is 3.73. The van der Waals surface area contributed by atoms with E-state index < -0.39 is 0 Å². The smallest absolute Gasteiger partial charge is 0.254 e. The molecular weight excluding hydrogens is 402 g/mol. The number of para-hydroxylation sites is 1. The third kappa shape index (κ3) is 4.67. The van der Waals surface area contributed by atoms with E-state index in [1.165, 1.54) is 5.56 Å². The number of carbonyl (C=O) groups excluding carboxylic acids is 1. The Morgan fingerprint density at radius 1 is 0.969 bits per heavy atom. The van der Waals surface area contributed by atoms with Crippen molar-refractivity contribution in [2.45, 2.75) is 12.5 Å². The Hall–Kier alpha value is -2.80. The first-order chi connectivity index (χ1) is 15.8. The monoisotopic (exact) mass is 431 g/mol. The van der Waals surface area contributed by atoms with E-state index in [-0.39, 0.29) is 12.0 Å². The molecule has 6 nitrogen and oxygen atoms in total. The Kier molecular flexibility index (Phi) is 6.44. The van der Waals surface area contributed by atoms with Crippen LogP contribution in [0.5, 0.6) is 0 Å². The average Bonchev–Trinajstić information content (AvgIpc) is 2.88. The van der Waals surface area contributed by atoms with Crippen LogP contribution >= 0.6 is 0 Å². The third-order valence-corrected chi connectivity index (χ3v) is 6.30. The molecule has 1 aromatic heterocycles. The van der Waals surface area contributed by atoms with Crippen LogP contribution in [0.25, 0.3) is 10.9 Å². The molecule has 5 rings (SSSR count). The quantitative estimate of drug-likeness (QED) is 0.620. The number of amides is 1. The minimum absolute atomic E-state index is 0.0462. The SMILES string of the molecule is O=C(c1cc([C@H]2CN(CCc3ccccc3)CCO2)nc2ccccc12)N1CCOCC1. The normalized spacial score (nSPS) is 19.9. The number of ether oxygens (including phenoxy) is 2. The molecule has 2 fully saturated rings. The van der Waals surface area contributed by atoms with Gasteiger partial charge in [-0.3, -0.25) is 9.69 Å². The average molecular weight is 432 g/mol. The zero-order valence-corrected chi connectivity index (χ0v) is 18.3. The molecule has 0 bridgehead atoms. The number of morpholine rings is 2. The van der Waals surface area contributed by atoms with Crippen LogP contribution in [0.2, 0.25) is 0 Å². The lowest BCUT2D eigenvalue weighted by atomic mass is 10.0. The predicted molar refractivity (Wildman–Crippen MR) is 124 cm³/mol. The van der Waals surface area contributed by atoms with Gasteiger partial charge in [0.1, 0.15) is 6.10 Å². The lowest BCUT2D eigenvalue weighted by molar-refractivity contribution is -0.0315. The maximum absolute atomic E-state index is 13.4. The van der Waals surface area contributed by atoms with E-state index in [1.807, 2.05) is 35.2 Å². The highest BCUT2D eigenvalue weighted by Gasteiger charge is 2.27. The van der Waals surface area contributed by atoms with Crippen molar-refractivity contribution in [1.29, 1.82) is 0 Å². The summed E-state index contributed by atoms with van der Waals surface area (Å²) in [4.78, 5) is 22.6. The first-order valence-electron chi connectivity index (χ1n) is 11.4. The Labute approximate surface area is 188 Å². The van der Waals surface area contributed by atoms with Crippen LogP contribution in [0, 0.1) is 0 Å². The van der Waals surface area contributed by atoms with Crippen molar-refractivity contribution in [1.82, 2.24) is 14.8 Å². The molecule has 0 N–H and O–H groups in total. The molecule has 3 aromatic rings. The second-order valence-electron chi connectivity index (χ2n) is 8.41. The number of fused-ring (bicyclic) bond motifs is 1. The van der Waals surface area contributed by atoms with Crippen molar-refractivity contribution >= 4 is 16.8 Å². The number of nitrogens with zero attached hydrogens (tertiary/aromatic N) is 3. The highest BCUT2D eigenvalue weighted by atomic mass is 16.5. The summed E-state index contributed by atoms with van der Waals surface area (Å²) in [7, 11) is 0. The zero-order chi connectivity index (χ0) is 21.8. The van der Waals surface area contributed by atoms with Gasteiger partial charge in [0, 0.05) is 38.1 Å². The van der Waals surface area contributed by atoms with E-state index in [9.17, 15) is 4.79 Å². The maximum Gasteiger partial charge on any atom is 0.254 e. The minimum Gasteiger partial charge on any atom is -0.378 e. The van der Waals surface area contributed by atoms with E-state index >= 15 is 0 Å². The minimum atomic E-state index is -0.139. The van der Waals surface area contributed by atoms with Gasteiger partial charge in [0.15, 0.2) is 0 Å². The fourth-order valence-electron chi connectivity index (χ4n) is 4.49. The second kappa shape index (κ2) is 9.77. The highest BCUT2D eigenvalue weighted by Crippen LogP contribution is 2.27. The number of rotatable bonds is 5. The summed E-state index contributed by atoms with van der Waals surface area (Å²) in [6, 6.07) is 20.4. The molecule has 3 heterocycles. The first kappa shape index (κ1) is 21.1. The molecule has 0 saturated carbocycles. The van der Waals surface area contributed by atoms with Crippen molar-refractivity contribution in [3.05, 3.63) is 77.5 Å². The van der Waals surface area contributed by atoms with Crippen molar-refractivity contribution in [2.75, 3.05) is 52.5 Å². The van der Waals surface area contributed by atoms with Crippen molar-refractivity contribution in [3.8, 4) is 0 Å². The number of aromatic nitrogens is 1. The first-order valence-corrected chi connectivity index (χ1v) is 11.4. The summed E-state index contributed by atoms with van der Waals surface area (Å²) in [6.45, 7) is 5.76. The molecule has 1 amide bonds. The number of pyridine rings is 1. The molecule has 2 saturated heterocycles. The molecular formula is C26H29N3O3. The fourth-order valence-corrected chi connectivity index (χ4v) is 4.49. The summed E-state index contributed by atoms with van der Waals surface area (Å²) in [5.74, 6) is 0.0462. The van der Waals surface area contributed by atoms with Gasteiger partial charge in [-0.25, -0.2) is 4.98 Å². The van der Waals surface area contributed by atoms with Gasteiger partial charge in [0.2, 0.25) is 0 Å². The van der Waals surface area contributed by atoms with Gasteiger partial charge in [-0.1, -0.05) is 48.5 Å². The number of carbonyl (C=O) groups is 1. The summed E-state index contributed by atoms with van der Waals surface area (Å²) < 4.78 is 11.6. The molecule has 2 aliphatic rings. The van der Waals surface area contributed by atoms with Crippen LogP contribution in [0.15, 0.2) is 60.7 Å². The van der Waals surface area contributed by atoms with E-state index in [4.69, 9.17) is 14.5 Å². The summed E-state index contributed by atoms with van der Waals surface area (Å²) in [6.07, 6.45) is 0.875. The van der Waals surface area contributed by atoms with Crippen molar-refractivity contribution in [3.63, 3.8) is 0 Å². The molecule has 166 valence electrons. The summed E-state index contributed by atoms with van der Waals surface area (Å²) in [5, 5.41) is 0.893. The standard InChI is InChI=1S/C26H29N3O3/c30-26(29-13-15-31-16-14-29)22-18-24(27-23-9-5-4-8-21(22)23)25-19-28(12-17-32-25)11-10-20-6-2-1-3-7-20/h1-9,18,25H,10-17,19H2/t25-/m1/s1. The highest BCUT2D eigenvalue weighted by molar-refractivity contribution is 6.06. The Morgan fingerprint density at radius 2 is 1.75 bits per heavy atom. The Bertz CT molecular complexity index is 1070. The van der Waals surface area contributed by atoms with E-state index in [2.05, 4.69) is 35.2 Å². The van der Waals surface area contributed by atoms with Gasteiger partial charge in [0.25, 0.3) is 5.91 Å². The van der Waals surface area contributed by atoms with Gasteiger partial charge in [-0.05, 0) is 24.1 Å². The number of hydrogen-bond acceptors (Lipinski definition) is 5. The van der Waals surface area contributed by atoms with Crippen molar-refractivity contribution in [2.24, 2.45) is 0 Å². The zero-order valence-electron chi connectivity index (χ0n) is 18.3. The molecule has 2 aliphatic heterocycles. The third-order valence-electron chi connectivity index (χ3n) is 6.30. The molecule has 0 radical (unpaired) electrons. The van der Waals surface area contributed by atoms with Crippen molar-refractivity contribution < 1.29 is 14.3 Å². The van der Waals surface area contributed by atoms with Crippen LogP contribution in [0.3, 0.4) is 0 Å². The number of hydrogen-bond donors (Lipinski definition) is 0. The van der Waals surface area contributed by atoms with Gasteiger partial charge in [-0.2, -0.15) is 0 Å². The second-order valence-corrected chi connectivity index (χ2v) is 8.41. The predicted octanol–water partition coefficient (Wildman–Crippen LogP) is 3.32. The molecule has 6 heteroatoms. The van der Waals surface area contributed by atoms with Gasteiger partial charge in [0.05, 0.1) is 36.6 Å². The van der Waals surface area contributed by atoms with Crippen LogP contribution in [-0.4, -0.2) is 73.2 Å². The lowest BCUT2D eigenvalue weighted by Gasteiger charge is -2.33. The van der Waals surface area contributed by atoms with Crippen LogP contribution in [0.4, 0.5) is 0 Å². The lowest BCUT2D eigenvalue weighted by Crippen LogP contribution is -2.41. The maximum atomic E-state index is 13.4. The topological polar surface area (TPSA) is 54.9 Å². The number of benzene rings is 2. The largest absolute Gasteiger partial charge is 0.378 e. The molecule has 2 aromatic carbocycles. The van der Waals surface area contributed by atoms with Gasteiger partial charge in [-0.15, -0.1) is 0 Å².